The van der Waals surface area contributed by atoms with E-state index in [1.807, 2.05) is 30.3 Å². The zero-order valence-corrected chi connectivity index (χ0v) is 13.8. The molecular formula is C18H24N2O4. The van der Waals surface area contributed by atoms with Crippen LogP contribution in [-0.4, -0.2) is 30.7 Å². The zero-order chi connectivity index (χ0) is 17.6. The van der Waals surface area contributed by atoms with Gasteiger partial charge in [0.15, 0.2) is 0 Å². The molecule has 0 aliphatic heterocycles. The van der Waals surface area contributed by atoms with Crippen molar-refractivity contribution in [1.82, 2.24) is 10.8 Å². The number of allylic oxidation sites excluding steroid dienone is 2. The molecule has 1 aromatic carbocycles. The number of hydrogen-bond donors (Lipinski definition) is 3. The lowest BCUT2D eigenvalue weighted by atomic mass is 10.2. The van der Waals surface area contributed by atoms with Crippen LogP contribution < -0.4 is 15.5 Å². The minimum Gasteiger partial charge on any atom is -0.497 e. The monoisotopic (exact) mass is 332 g/mol. The van der Waals surface area contributed by atoms with Gasteiger partial charge in [-0.2, -0.15) is 0 Å². The smallest absolute Gasteiger partial charge is 0.243 e. The van der Waals surface area contributed by atoms with Gasteiger partial charge in [0.2, 0.25) is 11.8 Å². The summed E-state index contributed by atoms with van der Waals surface area (Å²) in [5.41, 5.74) is 2.61. The number of unbranched alkanes of at least 4 members (excludes halogenated alkanes) is 2. The van der Waals surface area contributed by atoms with Gasteiger partial charge in [0.1, 0.15) is 5.75 Å². The summed E-state index contributed by atoms with van der Waals surface area (Å²) in [7, 11) is 1.62. The zero-order valence-electron chi connectivity index (χ0n) is 13.8. The maximum Gasteiger partial charge on any atom is 0.243 e. The maximum atomic E-state index is 11.6. The summed E-state index contributed by atoms with van der Waals surface area (Å²) in [6.07, 6.45) is 9.44. The fraction of sp³-hybridized carbons (Fsp3) is 0.333. The van der Waals surface area contributed by atoms with Gasteiger partial charge in [0.05, 0.1) is 7.11 Å². The van der Waals surface area contributed by atoms with E-state index in [4.69, 9.17) is 9.94 Å². The van der Waals surface area contributed by atoms with E-state index in [-0.39, 0.29) is 11.8 Å². The standard InChI is InChI=1S/C18H24N2O4/c1-24-16-12-10-15(11-13-16)7-4-5-8-17(21)19-14-6-2-3-9-18(22)20-23/h4-5,7-8,10-13,23H,2-3,6,9,14H2,1H3,(H,19,21)(H,20,22)/b7-4+,8-5+. The Balaban J connectivity index is 2.16. The molecule has 0 bridgehead atoms. The van der Waals surface area contributed by atoms with E-state index >= 15 is 0 Å². The van der Waals surface area contributed by atoms with Crippen LogP contribution in [0.15, 0.2) is 42.5 Å². The number of carbonyl (C=O) groups is 2. The fourth-order valence-corrected chi connectivity index (χ4v) is 1.94. The fourth-order valence-electron chi connectivity index (χ4n) is 1.94. The van der Waals surface area contributed by atoms with Crippen molar-refractivity contribution < 1.29 is 19.5 Å². The molecule has 0 radical (unpaired) electrons. The van der Waals surface area contributed by atoms with Crippen LogP contribution in [0.4, 0.5) is 0 Å². The van der Waals surface area contributed by atoms with Gasteiger partial charge in [-0.05, 0) is 30.5 Å². The van der Waals surface area contributed by atoms with Gasteiger partial charge in [0, 0.05) is 19.0 Å². The molecule has 130 valence electrons. The summed E-state index contributed by atoms with van der Waals surface area (Å²) < 4.78 is 5.08. The summed E-state index contributed by atoms with van der Waals surface area (Å²) >= 11 is 0. The third-order valence-electron chi connectivity index (χ3n) is 3.27. The van der Waals surface area contributed by atoms with Crippen molar-refractivity contribution in [2.24, 2.45) is 0 Å². The minimum atomic E-state index is -0.384. The van der Waals surface area contributed by atoms with E-state index in [0.29, 0.717) is 19.4 Å². The molecule has 0 saturated carbocycles. The second-order valence-electron chi connectivity index (χ2n) is 5.13. The van der Waals surface area contributed by atoms with E-state index in [2.05, 4.69) is 5.32 Å². The number of hydroxylamine groups is 1. The Labute approximate surface area is 142 Å². The average Bonchev–Trinajstić information content (AvgIpc) is 2.61. The highest BCUT2D eigenvalue weighted by molar-refractivity contribution is 5.87. The molecule has 0 atom stereocenters. The first-order valence-corrected chi connectivity index (χ1v) is 7.85. The molecule has 6 nitrogen and oxygen atoms in total. The minimum absolute atomic E-state index is 0.150. The van der Waals surface area contributed by atoms with Crippen LogP contribution in [0.2, 0.25) is 0 Å². The Hall–Kier alpha value is -2.60. The van der Waals surface area contributed by atoms with E-state index < -0.39 is 0 Å². The molecule has 1 aromatic rings. The highest BCUT2D eigenvalue weighted by atomic mass is 16.5. The summed E-state index contributed by atoms with van der Waals surface area (Å²) in [6.45, 7) is 0.562. The molecule has 0 aliphatic carbocycles. The lowest BCUT2D eigenvalue weighted by molar-refractivity contribution is -0.129. The number of benzene rings is 1. The Morgan fingerprint density at radius 3 is 2.54 bits per heavy atom. The van der Waals surface area contributed by atoms with Crippen LogP contribution in [0.25, 0.3) is 6.08 Å². The molecule has 0 fully saturated rings. The van der Waals surface area contributed by atoms with Crippen LogP contribution >= 0.6 is 0 Å². The Bertz CT molecular complexity index is 565. The van der Waals surface area contributed by atoms with Crippen molar-refractivity contribution >= 4 is 17.9 Å². The van der Waals surface area contributed by atoms with Crippen molar-refractivity contribution in [1.29, 1.82) is 0 Å². The predicted molar refractivity (Wildman–Crippen MR) is 92.6 cm³/mol. The SMILES string of the molecule is COc1ccc(/C=C/C=C/C(=O)NCCCCCC(=O)NO)cc1. The summed E-state index contributed by atoms with van der Waals surface area (Å²) in [5.74, 6) is 0.271. The van der Waals surface area contributed by atoms with Crippen LogP contribution in [0.5, 0.6) is 5.75 Å². The van der Waals surface area contributed by atoms with Crippen molar-refractivity contribution in [3.63, 3.8) is 0 Å². The predicted octanol–water partition coefficient (Wildman–Crippen LogP) is 2.45. The van der Waals surface area contributed by atoms with Gasteiger partial charge in [-0.3, -0.25) is 14.8 Å². The molecule has 1 rings (SSSR count). The van der Waals surface area contributed by atoms with Gasteiger partial charge in [0.25, 0.3) is 0 Å². The van der Waals surface area contributed by atoms with E-state index in [1.165, 1.54) is 6.08 Å². The molecule has 0 spiro atoms. The molecule has 0 heterocycles. The maximum absolute atomic E-state index is 11.6. The number of rotatable bonds is 10. The first-order valence-electron chi connectivity index (χ1n) is 7.85. The third kappa shape index (κ3) is 8.75. The molecule has 2 amide bonds. The third-order valence-corrected chi connectivity index (χ3v) is 3.27. The number of carbonyl (C=O) groups excluding carboxylic acids is 2. The number of methoxy groups -OCH3 is 1. The van der Waals surface area contributed by atoms with Crippen molar-refractivity contribution in [2.45, 2.75) is 25.7 Å². The van der Waals surface area contributed by atoms with Crippen LogP contribution in [-0.2, 0) is 9.59 Å². The molecular weight excluding hydrogens is 308 g/mol. The topological polar surface area (TPSA) is 87.7 Å². The van der Waals surface area contributed by atoms with Crippen LogP contribution in [0.3, 0.4) is 0 Å². The average molecular weight is 332 g/mol. The first-order chi connectivity index (χ1) is 11.7. The van der Waals surface area contributed by atoms with Crippen molar-refractivity contribution in [3.8, 4) is 5.75 Å². The lowest BCUT2D eigenvalue weighted by Crippen LogP contribution is -2.22. The molecule has 24 heavy (non-hydrogen) atoms. The normalized spacial score (nSPS) is 10.9. The van der Waals surface area contributed by atoms with Crippen LogP contribution in [0.1, 0.15) is 31.2 Å². The van der Waals surface area contributed by atoms with Gasteiger partial charge in [-0.1, -0.05) is 36.8 Å². The Morgan fingerprint density at radius 1 is 1.12 bits per heavy atom. The molecule has 6 heteroatoms. The van der Waals surface area contributed by atoms with Gasteiger partial charge >= 0.3 is 0 Å². The Kier molecular flexibility index (Phi) is 9.64. The van der Waals surface area contributed by atoms with E-state index in [9.17, 15) is 9.59 Å². The summed E-state index contributed by atoms with van der Waals surface area (Å²) in [5, 5.41) is 11.1. The summed E-state index contributed by atoms with van der Waals surface area (Å²) in [6, 6.07) is 7.61. The molecule has 0 aliphatic rings. The molecule has 0 unspecified atom stereocenters. The number of nitrogens with one attached hydrogen (secondary N) is 2. The first kappa shape index (κ1) is 19.4. The number of amides is 2. The van der Waals surface area contributed by atoms with Gasteiger partial charge in [-0.25, -0.2) is 5.48 Å². The van der Waals surface area contributed by atoms with Crippen molar-refractivity contribution in [2.75, 3.05) is 13.7 Å². The van der Waals surface area contributed by atoms with Crippen molar-refractivity contribution in [3.05, 3.63) is 48.1 Å². The molecule has 0 saturated heterocycles. The number of ether oxygens (including phenoxy) is 1. The quantitative estimate of drug-likeness (QED) is 0.202. The lowest BCUT2D eigenvalue weighted by Gasteiger charge is -2.02. The highest BCUT2D eigenvalue weighted by Gasteiger charge is 1.98. The van der Waals surface area contributed by atoms with E-state index in [0.717, 1.165) is 24.2 Å². The van der Waals surface area contributed by atoms with Gasteiger partial charge < -0.3 is 10.1 Å². The number of hydrogen-bond acceptors (Lipinski definition) is 4. The van der Waals surface area contributed by atoms with Crippen LogP contribution in [0, 0.1) is 0 Å². The van der Waals surface area contributed by atoms with Gasteiger partial charge in [-0.15, -0.1) is 0 Å². The largest absolute Gasteiger partial charge is 0.497 e. The Morgan fingerprint density at radius 2 is 1.88 bits per heavy atom. The molecule has 3 N–H and O–H groups in total. The highest BCUT2D eigenvalue weighted by Crippen LogP contribution is 2.12. The molecule has 0 aromatic heterocycles. The summed E-state index contributed by atoms with van der Waals surface area (Å²) in [4.78, 5) is 22.4. The van der Waals surface area contributed by atoms with E-state index in [1.54, 1.807) is 24.7 Å². The second-order valence-corrected chi connectivity index (χ2v) is 5.13. The second kappa shape index (κ2) is 11.9.